The van der Waals surface area contributed by atoms with E-state index in [1.807, 2.05) is 0 Å². The third kappa shape index (κ3) is 4.98. The molecule has 0 aliphatic carbocycles. The number of benzene rings is 1. The van der Waals surface area contributed by atoms with Gasteiger partial charge in [-0.2, -0.15) is 0 Å². The first kappa shape index (κ1) is 16.2. The molecule has 1 atom stereocenters. The minimum Gasteiger partial charge on any atom is -0.326 e. The van der Waals surface area contributed by atoms with E-state index in [0.717, 1.165) is 6.07 Å². The third-order valence-electron chi connectivity index (χ3n) is 2.45. The van der Waals surface area contributed by atoms with E-state index >= 15 is 0 Å². The van der Waals surface area contributed by atoms with Crippen LogP contribution in [0.1, 0.15) is 12.0 Å². The van der Waals surface area contributed by atoms with Crippen LogP contribution >= 0.6 is 0 Å². The predicted octanol–water partition coefficient (Wildman–Crippen LogP) is 0.331. The largest absolute Gasteiger partial charge is 0.326 e. The summed E-state index contributed by atoms with van der Waals surface area (Å²) in [6, 6.07) is 3.49. The van der Waals surface area contributed by atoms with Crippen LogP contribution in [0.25, 0.3) is 0 Å². The number of hydrogen-bond acceptors (Lipinski definition) is 4. The first-order chi connectivity index (χ1) is 8.86. The van der Waals surface area contributed by atoms with Crippen molar-refractivity contribution in [3.8, 4) is 0 Å². The molecule has 0 radical (unpaired) electrons. The number of nitrogens with two attached hydrogens (primary N) is 1. The Hall–Kier alpha value is -0.830. The molecule has 1 aromatic rings. The van der Waals surface area contributed by atoms with E-state index in [-0.39, 0.29) is 23.5 Å². The van der Waals surface area contributed by atoms with Gasteiger partial charge in [0, 0.05) is 41.5 Å². The molecule has 3 N–H and O–H groups in total. The van der Waals surface area contributed by atoms with E-state index in [9.17, 15) is 17.0 Å². The molecule has 0 aliphatic rings. The molecule has 0 heterocycles. The summed E-state index contributed by atoms with van der Waals surface area (Å²) in [5.41, 5.74) is 5.48. The highest BCUT2D eigenvalue weighted by Gasteiger charge is 2.15. The zero-order chi connectivity index (χ0) is 14.5. The highest BCUT2D eigenvalue weighted by molar-refractivity contribution is 7.89. The molecule has 1 aromatic carbocycles. The molecular formula is C11H17FN2O3S2. The summed E-state index contributed by atoms with van der Waals surface area (Å²) in [5, 5.41) is 0. The zero-order valence-corrected chi connectivity index (χ0v) is 12.2. The standard InChI is InChI=1S/C11H17FN2O3S2/c1-18(15)6-2-5-14-19(16,17)10-3-4-11(12)9(7-10)8-13/h3-4,7,14H,2,5-6,8,13H2,1H3. The summed E-state index contributed by atoms with van der Waals surface area (Å²) in [6.45, 7) is 0.126. The molecule has 1 unspecified atom stereocenters. The number of hydrogen-bond donors (Lipinski definition) is 2. The monoisotopic (exact) mass is 308 g/mol. The van der Waals surface area contributed by atoms with Gasteiger partial charge < -0.3 is 5.73 Å². The average molecular weight is 308 g/mol. The van der Waals surface area contributed by atoms with E-state index < -0.39 is 26.6 Å². The quantitative estimate of drug-likeness (QED) is 0.711. The van der Waals surface area contributed by atoms with Gasteiger partial charge in [0.15, 0.2) is 0 Å². The van der Waals surface area contributed by atoms with Crippen molar-refractivity contribution in [2.45, 2.75) is 17.9 Å². The van der Waals surface area contributed by atoms with Gasteiger partial charge in [0.2, 0.25) is 10.0 Å². The van der Waals surface area contributed by atoms with Crippen LogP contribution in [0, 0.1) is 5.82 Å². The molecule has 5 nitrogen and oxygen atoms in total. The smallest absolute Gasteiger partial charge is 0.240 e. The Morgan fingerprint density at radius 2 is 2.11 bits per heavy atom. The Morgan fingerprint density at radius 3 is 2.68 bits per heavy atom. The van der Waals surface area contributed by atoms with Crippen LogP contribution in [-0.4, -0.2) is 31.2 Å². The van der Waals surface area contributed by atoms with Crippen molar-refractivity contribution >= 4 is 20.8 Å². The maximum Gasteiger partial charge on any atom is 0.240 e. The normalized spacial score (nSPS) is 13.4. The summed E-state index contributed by atoms with van der Waals surface area (Å²) in [6.07, 6.45) is 2.04. The molecule has 0 amide bonds. The second-order valence-corrected chi connectivity index (χ2v) is 7.31. The SMILES string of the molecule is CS(=O)CCCNS(=O)(=O)c1ccc(F)c(CN)c1. The summed E-state index contributed by atoms with van der Waals surface area (Å²) < 4.78 is 50.3. The molecule has 0 saturated heterocycles. The summed E-state index contributed by atoms with van der Waals surface area (Å²) in [4.78, 5) is -0.0213. The summed E-state index contributed by atoms with van der Waals surface area (Å²) in [7, 11) is -4.63. The number of halogens is 1. The van der Waals surface area contributed by atoms with Gasteiger partial charge in [-0.3, -0.25) is 4.21 Å². The molecule has 19 heavy (non-hydrogen) atoms. The molecule has 0 bridgehead atoms. The third-order valence-corrected chi connectivity index (χ3v) is 4.77. The Labute approximate surface area is 114 Å². The molecule has 0 aliphatic heterocycles. The van der Waals surface area contributed by atoms with Crippen molar-refractivity contribution in [3.63, 3.8) is 0 Å². The highest BCUT2D eigenvalue weighted by atomic mass is 32.2. The predicted molar refractivity (Wildman–Crippen MR) is 73.0 cm³/mol. The Morgan fingerprint density at radius 1 is 1.42 bits per heavy atom. The van der Waals surface area contributed by atoms with Crippen LogP contribution < -0.4 is 10.5 Å². The minimum absolute atomic E-state index is 0.0213. The van der Waals surface area contributed by atoms with E-state index in [1.165, 1.54) is 12.1 Å². The van der Waals surface area contributed by atoms with Crippen LogP contribution in [0.15, 0.2) is 23.1 Å². The molecule has 0 saturated carbocycles. The Kier molecular flexibility index (Phi) is 6.05. The van der Waals surface area contributed by atoms with Gasteiger partial charge in [0.05, 0.1) is 4.90 Å². The van der Waals surface area contributed by atoms with E-state index in [2.05, 4.69) is 4.72 Å². The van der Waals surface area contributed by atoms with Gasteiger partial charge >= 0.3 is 0 Å². The minimum atomic E-state index is -3.68. The van der Waals surface area contributed by atoms with E-state index in [1.54, 1.807) is 6.26 Å². The van der Waals surface area contributed by atoms with Crippen LogP contribution in [-0.2, 0) is 27.4 Å². The van der Waals surface area contributed by atoms with E-state index in [0.29, 0.717) is 12.2 Å². The summed E-state index contributed by atoms with van der Waals surface area (Å²) in [5.74, 6) is -0.0946. The summed E-state index contributed by atoms with van der Waals surface area (Å²) >= 11 is 0. The Balaban J connectivity index is 2.74. The first-order valence-electron chi connectivity index (χ1n) is 5.65. The number of nitrogens with one attached hydrogen (secondary N) is 1. The van der Waals surface area contributed by atoms with Gasteiger partial charge in [-0.15, -0.1) is 0 Å². The lowest BCUT2D eigenvalue weighted by Crippen LogP contribution is -2.26. The molecule has 8 heteroatoms. The van der Waals surface area contributed by atoms with Crippen molar-refractivity contribution < 1.29 is 17.0 Å². The molecule has 108 valence electrons. The fourth-order valence-electron chi connectivity index (χ4n) is 1.44. The van der Waals surface area contributed by atoms with Crippen LogP contribution in [0.2, 0.25) is 0 Å². The molecule has 1 rings (SSSR count). The molecule has 0 aromatic heterocycles. The molecule has 0 fully saturated rings. The zero-order valence-electron chi connectivity index (χ0n) is 10.6. The maximum atomic E-state index is 13.2. The van der Waals surface area contributed by atoms with Crippen molar-refractivity contribution in [2.24, 2.45) is 5.73 Å². The lowest BCUT2D eigenvalue weighted by atomic mass is 10.2. The lowest BCUT2D eigenvalue weighted by molar-refractivity contribution is 0.578. The fourth-order valence-corrected chi connectivity index (χ4v) is 3.12. The van der Waals surface area contributed by atoms with Crippen molar-refractivity contribution in [1.82, 2.24) is 4.72 Å². The van der Waals surface area contributed by atoms with Crippen molar-refractivity contribution in [2.75, 3.05) is 18.6 Å². The van der Waals surface area contributed by atoms with Crippen molar-refractivity contribution in [1.29, 1.82) is 0 Å². The first-order valence-corrected chi connectivity index (χ1v) is 8.86. The average Bonchev–Trinajstić information content (AvgIpc) is 2.35. The fraction of sp³-hybridized carbons (Fsp3) is 0.455. The number of sulfonamides is 1. The van der Waals surface area contributed by atoms with Crippen LogP contribution in [0.5, 0.6) is 0 Å². The van der Waals surface area contributed by atoms with Gasteiger partial charge in [-0.1, -0.05) is 0 Å². The van der Waals surface area contributed by atoms with Gasteiger partial charge in [0.1, 0.15) is 5.82 Å². The second-order valence-electron chi connectivity index (χ2n) is 3.99. The Bertz CT molecular complexity index is 561. The van der Waals surface area contributed by atoms with E-state index in [4.69, 9.17) is 5.73 Å². The highest BCUT2D eigenvalue weighted by Crippen LogP contribution is 2.14. The van der Waals surface area contributed by atoms with Gasteiger partial charge in [-0.25, -0.2) is 17.5 Å². The van der Waals surface area contributed by atoms with Crippen LogP contribution in [0.4, 0.5) is 4.39 Å². The topological polar surface area (TPSA) is 89.3 Å². The molecular weight excluding hydrogens is 291 g/mol. The number of rotatable bonds is 7. The maximum absolute atomic E-state index is 13.2. The van der Waals surface area contributed by atoms with Gasteiger partial charge in [0.25, 0.3) is 0 Å². The lowest BCUT2D eigenvalue weighted by Gasteiger charge is -2.08. The van der Waals surface area contributed by atoms with Crippen LogP contribution in [0.3, 0.4) is 0 Å². The second kappa shape index (κ2) is 7.09. The molecule has 0 spiro atoms. The van der Waals surface area contributed by atoms with Gasteiger partial charge in [-0.05, 0) is 24.6 Å². The van der Waals surface area contributed by atoms with Crippen molar-refractivity contribution in [3.05, 3.63) is 29.6 Å².